The Morgan fingerprint density at radius 1 is 0.966 bits per heavy atom. The lowest BCUT2D eigenvalue weighted by atomic mass is 9.85. The number of sulfonamides is 1. The summed E-state index contributed by atoms with van der Waals surface area (Å²) in [4.78, 5) is 23.3. The van der Waals surface area contributed by atoms with Crippen LogP contribution in [0.5, 0.6) is 0 Å². The molecule has 8 heteroatoms. The van der Waals surface area contributed by atoms with Crippen molar-refractivity contribution < 1.29 is 18.1 Å². The molecule has 0 radical (unpaired) electrons. The number of para-hydroxylation sites is 1. The van der Waals surface area contributed by atoms with Gasteiger partial charge in [0.15, 0.2) is 10.7 Å². The summed E-state index contributed by atoms with van der Waals surface area (Å²) in [6, 6.07) is 13.6. The third kappa shape index (κ3) is 3.33. The number of nitro benzene ring substituents is 1. The number of nitrogens with zero attached hydrogens (tertiary/aromatic N) is 2. The summed E-state index contributed by atoms with van der Waals surface area (Å²) in [6.45, 7) is 0. The third-order valence-electron chi connectivity index (χ3n) is 5.49. The van der Waals surface area contributed by atoms with Crippen molar-refractivity contribution in [2.75, 3.05) is 0 Å². The van der Waals surface area contributed by atoms with Crippen molar-refractivity contribution in [1.82, 2.24) is 4.31 Å². The van der Waals surface area contributed by atoms with Crippen molar-refractivity contribution in [2.45, 2.75) is 43.0 Å². The Kier molecular flexibility index (Phi) is 4.96. The van der Waals surface area contributed by atoms with E-state index in [0.29, 0.717) is 29.7 Å². The monoisotopic (exact) mass is 412 g/mol. The molecule has 29 heavy (non-hydrogen) atoms. The zero-order valence-corrected chi connectivity index (χ0v) is 16.5. The van der Waals surface area contributed by atoms with Crippen LogP contribution in [0.4, 0.5) is 5.69 Å². The van der Waals surface area contributed by atoms with Crippen LogP contribution in [0.2, 0.25) is 0 Å². The lowest BCUT2D eigenvalue weighted by molar-refractivity contribution is -0.387. The predicted octanol–water partition coefficient (Wildman–Crippen LogP) is 4.13. The van der Waals surface area contributed by atoms with Crippen LogP contribution in [-0.2, 0) is 14.8 Å². The van der Waals surface area contributed by atoms with Crippen molar-refractivity contribution in [2.24, 2.45) is 0 Å². The smallest absolute Gasteiger partial charge is 0.289 e. The lowest BCUT2D eigenvalue weighted by Crippen LogP contribution is -2.41. The third-order valence-corrected chi connectivity index (χ3v) is 7.38. The van der Waals surface area contributed by atoms with Crippen LogP contribution >= 0.6 is 0 Å². The first-order valence-electron chi connectivity index (χ1n) is 9.49. The van der Waals surface area contributed by atoms with Crippen molar-refractivity contribution in [3.05, 3.63) is 81.5 Å². The highest BCUT2D eigenvalue weighted by atomic mass is 32.2. The van der Waals surface area contributed by atoms with E-state index in [9.17, 15) is 23.3 Å². The van der Waals surface area contributed by atoms with Crippen LogP contribution in [0.25, 0.3) is 0 Å². The first kappa shape index (κ1) is 19.3. The summed E-state index contributed by atoms with van der Waals surface area (Å²) in [5.41, 5.74) is 1.26. The summed E-state index contributed by atoms with van der Waals surface area (Å²) in [5, 5.41) is 11.5. The number of carbonyl (C=O) groups excluding carboxylic acids is 1. The molecule has 0 fully saturated rings. The SMILES string of the molecule is O=C1CC(c2ccccc2)N(S(=O)(=O)c2ccccc2[N+](=O)[O-])C2=C1CCCC2. The zero-order valence-electron chi connectivity index (χ0n) is 15.7. The van der Waals surface area contributed by atoms with Gasteiger partial charge in [0.05, 0.1) is 11.0 Å². The van der Waals surface area contributed by atoms with Gasteiger partial charge in [-0.3, -0.25) is 19.2 Å². The number of ketones is 1. The molecule has 0 aromatic heterocycles. The van der Waals surface area contributed by atoms with Crippen molar-refractivity contribution in [1.29, 1.82) is 0 Å². The predicted molar refractivity (Wildman–Crippen MR) is 106 cm³/mol. The number of Topliss-reactive ketones (excluding diaryl/α,β-unsaturated/α-hetero) is 1. The number of hydrogen-bond acceptors (Lipinski definition) is 5. The van der Waals surface area contributed by atoms with E-state index in [1.165, 1.54) is 28.6 Å². The number of hydrogen-bond donors (Lipinski definition) is 0. The van der Waals surface area contributed by atoms with Gasteiger partial charge in [0, 0.05) is 23.8 Å². The standard InChI is InChI=1S/C21H20N2O5S/c24-20-14-19(15-8-2-1-3-9-15)22(17-11-5-4-10-16(17)20)29(27,28)21-13-7-6-12-18(21)23(25)26/h1-3,6-9,12-13,19H,4-5,10-11,14H2. The van der Waals surface area contributed by atoms with Gasteiger partial charge < -0.3 is 0 Å². The van der Waals surface area contributed by atoms with E-state index in [1.54, 1.807) is 24.3 Å². The van der Waals surface area contributed by atoms with Crippen LogP contribution in [0.3, 0.4) is 0 Å². The van der Waals surface area contributed by atoms with Crippen molar-refractivity contribution >= 4 is 21.5 Å². The second kappa shape index (κ2) is 7.44. The maximum Gasteiger partial charge on any atom is 0.289 e. The van der Waals surface area contributed by atoms with Crippen molar-refractivity contribution in [3.8, 4) is 0 Å². The normalized spacial score (nSPS) is 19.8. The number of allylic oxidation sites excluding steroid dienone is 2. The molecule has 1 aliphatic carbocycles. The zero-order chi connectivity index (χ0) is 20.6. The molecule has 150 valence electrons. The van der Waals surface area contributed by atoms with Gasteiger partial charge in [-0.1, -0.05) is 42.5 Å². The largest absolute Gasteiger partial charge is 0.294 e. The Labute approximate surface area is 168 Å². The van der Waals surface area contributed by atoms with Gasteiger partial charge >= 0.3 is 0 Å². The fourth-order valence-corrected chi connectivity index (χ4v) is 6.07. The van der Waals surface area contributed by atoms with E-state index < -0.39 is 26.7 Å². The Morgan fingerprint density at radius 3 is 2.34 bits per heavy atom. The van der Waals surface area contributed by atoms with E-state index in [1.807, 2.05) is 6.07 Å². The summed E-state index contributed by atoms with van der Waals surface area (Å²) in [6.07, 6.45) is 2.64. The lowest BCUT2D eigenvalue weighted by Gasteiger charge is -2.40. The molecule has 0 saturated carbocycles. The summed E-state index contributed by atoms with van der Waals surface area (Å²) in [5.74, 6) is -0.0393. The Bertz CT molecular complexity index is 1110. The first-order chi connectivity index (χ1) is 13.9. The van der Waals surface area contributed by atoms with Gasteiger partial charge in [0.25, 0.3) is 15.7 Å². The Balaban J connectivity index is 1.94. The number of nitro groups is 1. The molecule has 2 aromatic rings. The molecule has 0 spiro atoms. The molecule has 1 heterocycles. The molecular weight excluding hydrogens is 392 g/mol. The minimum Gasteiger partial charge on any atom is -0.294 e. The molecule has 4 rings (SSSR count). The van der Waals surface area contributed by atoms with E-state index >= 15 is 0 Å². The number of rotatable bonds is 4. The quantitative estimate of drug-likeness (QED) is 0.556. The summed E-state index contributed by atoms with van der Waals surface area (Å²) >= 11 is 0. The Hall–Kier alpha value is -3.00. The van der Waals surface area contributed by atoms with E-state index in [0.717, 1.165) is 12.8 Å². The highest BCUT2D eigenvalue weighted by Crippen LogP contribution is 2.45. The van der Waals surface area contributed by atoms with Crippen molar-refractivity contribution in [3.63, 3.8) is 0 Å². The molecule has 1 unspecified atom stereocenters. The molecule has 0 amide bonds. The maximum atomic E-state index is 13.7. The minimum absolute atomic E-state index is 0.0305. The molecule has 2 aromatic carbocycles. The van der Waals surface area contributed by atoms with Gasteiger partial charge in [-0.2, -0.15) is 0 Å². The van der Waals surface area contributed by atoms with E-state index in [-0.39, 0.29) is 17.1 Å². The molecule has 1 atom stereocenters. The average Bonchev–Trinajstić information content (AvgIpc) is 2.74. The van der Waals surface area contributed by atoms with Gasteiger partial charge in [-0.05, 0) is 37.3 Å². The fourth-order valence-electron chi connectivity index (χ4n) is 4.18. The molecule has 0 bridgehead atoms. The summed E-state index contributed by atoms with van der Waals surface area (Å²) < 4.78 is 28.7. The molecule has 2 aliphatic rings. The topological polar surface area (TPSA) is 97.6 Å². The van der Waals surface area contributed by atoms with Gasteiger partial charge in [-0.15, -0.1) is 0 Å². The van der Waals surface area contributed by atoms with Gasteiger partial charge in [0.2, 0.25) is 0 Å². The molecular formula is C21H20N2O5S. The second-order valence-electron chi connectivity index (χ2n) is 7.21. The minimum atomic E-state index is -4.25. The molecule has 0 saturated heterocycles. The average molecular weight is 412 g/mol. The van der Waals surface area contributed by atoms with Crippen LogP contribution < -0.4 is 0 Å². The highest BCUT2D eigenvalue weighted by molar-refractivity contribution is 7.89. The van der Waals surface area contributed by atoms with E-state index in [2.05, 4.69) is 0 Å². The number of carbonyl (C=O) groups is 1. The highest BCUT2D eigenvalue weighted by Gasteiger charge is 2.43. The summed E-state index contributed by atoms with van der Waals surface area (Å²) in [7, 11) is -4.25. The first-order valence-corrected chi connectivity index (χ1v) is 10.9. The molecule has 7 nitrogen and oxygen atoms in total. The van der Waals surface area contributed by atoms with Crippen LogP contribution in [-0.4, -0.2) is 23.4 Å². The van der Waals surface area contributed by atoms with E-state index in [4.69, 9.17) is 0 Å². The number of benzene rings is 2. The van der Waals surface area contributed by atoms with Crippen LogP contribution in [0.15, 0.2) is 70.8 Å². The van der Waals surface area contributed by atoms with Gasteiger partial charge in [0.1, 0.15) is 0 Å². The maximum absolute atomic E-state index is 13.7. The second-order valence-corrected chi connectivity index (χ2v) is 9.00. The van der Waals surface area contributed by atoms with Gasteiger partial charge in [-0.25, -0.2) is 8.42 Å². The van der Waals surface area contributed by atoms with Crippen LogP contribution in [0, 0.1) is 10.1 Å². The Morgan fingerprint density at radius 2 is 1.62 bits per heavy atom. The molecule has 0 N–H and O–H groups in total. The van der Waals surface area contributed by atoms with Crippen LogP contribution in [0.1, 0.15) is 43.7 Å². The fraction of sp³-hybridized carbons (Fsp3) is 0.286. The molecule has 1 aliphatic heterocycles.